The SMILES string of the molecule is Cc1nc(-c2ccncc2)nc(NCCC2CC2)c1C. The second-order valence-electron chi connectivity index (χ2n) is 5.50. The maximum absolute atomic E-state index is 4.67. The Hall–Kier alpha value is -1.97. The summed E-state index contributed by atoms with van der Waals surface area (Å²) in [6, 6.07) is 3.89. The summed E-state index contributed by atoms with van der Waals surface area (Å²) >= 11 is 0. The van der Waals surface area contributed by atoms with Crippen molar-refractivity contribution < 1.29 is 0 Å². The molecule has 1 aliphatic rings. The first-order chi connectivity index (χ1) is 9.74. The number of aryl methyl sites for hydroxylation is 1. The van der Waals surface area contributed by atoms with Gasteiger partial charge in [-0.15, -0.1) is 0 Å². The van der Waals surface area contributed by atoms with Gasteiger partial charge in [0.05, 0.1) is 0 Å². The lowest BCUT2D eigenvalue weighted by atomic mass is 10.2. The van der Waals surface area contributed by atoms with Gasteiger partial charge in [-0.3, -0.25) is 4.98 Å². The molecule has 3 rings (SSSR count). The second kappa shape index (κ2) is 5.57. The summed E-state index contributed by atoms with van der Waals surface area (Å²) in [5, 5.41) is 3.47. The molecule has 20 heavy (non-hydrogen) atoms. The van der Waals surface area contributed by atoms with Crippen LogP contribution in [0.2, 0.25) is 0 Å². The van der Waals surface area contributed by atoms with E-state index in [1.807, 2.05) is 19.1 Å². The first kappa shape index (κ1) is 13.0. The van der Waals surface area contributed by atoms with E-state index in [0.29, 0.717) is 0 Å². The summed E-state index contributed by atoms with van der Waals surface area (Å²) in [6.07, 6.45) is 7.58. The van der Waals surface area contributed by atoms with E-state index in [-0.39, 0.29) is 0 Å². The molecule has 1 N–H and O–H groups in total. The predicted molar refractivity (Wildman–Crippen MR) is 80.6 cm³/mol. The molecule has 0 aromatic carbocycles. The topological polar surface area (TPSA) is 50.7 Å². The molecule has 4 heteroatoms. The first-order valence-electron chi connectivity index (χ1n) is 7.23. The van der Waals surface area contributed by atoms with Gasteiger partial charge in [-0.2, -0.15) is 0 Å². The molecule has 0 unspecified atom stereocenters. The highest BCUT2D eigenvalue weighted by Crippen LogP contribution is 2.32. The minimum Gasteiger partial charge on any atom is -0.370 e. The van der Waals surface area contributed by atoms with Gasteiger partial charge in [0, 0.05) is 35.8 Å². The average Bonchev–Trinajstić information content (AvgIpc) is 3.28. The van der Waals surface area contributed by atoms with Crippen LogP contribution in [0.4, 0.5) is 5.82 Å². The molecule has 2 aromatic heterocycles. The number of nitrogens with one attached hydrogen (secondary N) is 1. The number of pyridine rings is 1. The highest BCUT2D eigenvalue weighted by atomic mass is 15.0. The van der Waals surface area contributed by atoms with Crippen molar-refractivity contribution in [1.29, 1.82) is 0 Å². The van der Waals surface area contributed by atoms with Gasteiger partial charge in [0.2, 0.25) is 0 Å². The molecule has 104 valence electrons. The maximum atomic E-state index is 4.67. The molecule has 0 saturated heterocycles. The second-order valence-corrected chi connectivity index (χ2v) is 5.50. The number of aromatic nitrogens is 3. The highest BCUT2D eigenvalue weighted by molar-refractivity contribution is 5.59. The smallest absolute Gasteiger partial charge is 0.161 e. The summed E-state index contributed by atoms with van der Waals surface area (Å²) in [5.41, 5.74) is 3.17. The fourth-order valence-electron chi connectivity index (χ4n) is 2.23. The molecule has 2 aromatic rings. The summed E-state index contributed by atoms with van der Waals surface area (Å²) in [5.74, 6) is 2.67. The van der Waals surface area contributed by atoms with Crippen molar-refractivity contribution in [3.05, 3.63) is 35.8 Å². The van der Waals surface area contributed by atoms with E-state index < -0.39 is 0 Å². The molecule has 1 aliphatic carbocycles. The fraction of sp³-hybridized carbons (Fsp3) is 0.438. The van der Waals surface area contributed by atoms with Crippen molar-refractivity contribution in [1.82, 2.24) is 15.0 Å². The minimum absolute atomic E-state index is 0.768. The maximum Gasteiger partial charge on any atom is 0.161 e. The Bertz CT molecular complexity index is 591. The Labute approximate surface area is 119 Å². The van der Waals surface area contributed by atoms with Crippen LogP contribution < -0.4 is 5.32 Å². The molecule has 4 nitrogen and oxygen atoms in total. The lowest BCUT2D eigenvalue weighted by Crippen LogP contribution is -2.08. The Kier molecular flexibility index (Phi) is 3.63. The summed E-state index contributed by atoms with van der Waals surface area (Å²) in [4.78, 5) is 13.3. The van der Waals surface area contributed by atoms with E-state index >= 15 is 0 Å². The predicted octanol–water partition coefficient (Wildman–Crippen LogP) is 3.37. The van der Waals surface area contributed by atoms with E-state index in [4.69, 9.17) is 0 Å². The van der Waals surface area contributed by atoms with E-state index in [0.717, 1.165) is 40.9 Å². The normalized spacial score (nSPS) is 14.3. The van der Waals surface area contributed by atoms with Crippen LogP contribution in [0.5, 0.6) is 0 Å². The minimum atomic E-state index is 0.768. The molecule has 0 radical (unpaired) electrons. The van der Waals surface area contributed by atoms with Crippen LogP contribution in [-0.2, 0) is 0 Å². The van der Waals surface area contributed by atoms with Crippen LogP contribution in [0.3, 0.4) is 0 Å². The molecule has 0 aliphatic heterocycles. The summed E-state index contributed by atoms with van der Waals surface area (Å²) < 4.78 is 0. The zero-order chi connectivity index (χ0) is 13.9. The Morgan fingerprint density at radius 3 is 2.60 bits per heavy atom. The van der Waals surface area contributed by atoms with Crippen LogP contribution >= 0.6 is 0 Å². The van der Waals surface area contributed by atoms with E-state index in [1.165, 1.54) is 19.3 Å². The lowest BCUT2D eigenvalue weighted by molar-refractivity contribution is 0.757. The van der Waals surface area contributed by atoms with E-state index in [2.05, 4.69) is 27.2 Å². The molecule has 0 amide bonds. The van der Waals surface area contributed by atoms with Crippen LogP contribution in [-0.4, -0.2) is 21.5 Å². The van der Waals surface area contributed by atoms with Gasteiger partial charge in [0.1, 0.15) is 5.82 Å². The summed E-state index contributed by atoms with van der Waals surface area (Å²) in [7, 11) is 0. The van der Waals surface area contributed by atoms with Crippen LogP contribution in [0.25, 0.3) is 11.4 Å². The van der Waals surface area contributed by atoms with Gasteiger partial charge in [-0.05, 0) is 38.3 Å². The van der Waals surface area contributed by atoms with Gasteiger partial charge >= 0.3 is 0 Å². The molecular weight excluding hydrogens is 248 g/mol. The molecule has 1 saturated carbocycles. The number of nitrogens with zero attached hydrogens (tertiary/aromatic N) is 3. The first-order valence-corrected chi connectivity index (χ1v) is 7.23. The molecule has 1 fully saturated rings. The lowest BCUT2D eigenvalue weighted by Gasteiger charge is -2.12. The van der Waals surface area contributed by atoms with Crippen molar-refractivity contribution in [2.75, 3.05) is 11.9 Å². The van der Waals surface area contributed by atoms with Crippen LogP contribution in [0.15, 0.2) is 24.5 Å². The fourth-order valence-corrected chi connectivity index (χ4v) is 2.23. The molecule has 0 bridgehead atoms. The monoisotopic (exact) mass is 268 g/mol. The Balaban J connectivity index is 1.82. The Morgan fingerprint density at radius 2 is 1.90 bits per heavy atom. The van der Waals surface area contributed by atoms with Gasteiger partial charge in [-0.25, -0.2) is 9.97 Å². The number of anilines is 1. The zero-order valence-corrected chi connectivity index (χ0v) is 12.1. The average molecular weight is 268 g/mol. The summed E-state index contributed by atoms with van der Waals surface area (Å²) in [6.45, 7) is 5.11. The number of hydrogen-bond acceptors (Lipinski definition) is 4. The highest BCUT2D eigenvalue weighted by Gasteiger charge is 2.20. The third-order valence-electron chi connectivity index (χ3n) is 3.87. The molecule has 0 spiro atoms. The van der Waals surface area contributed by atoms with Gasteiger partial charge in [0.25, 0.3) is 0 Å². The van der Waals surface area contributed by atoms with Crippen molar-refractivity contribution in [2.45, 2.75) is 33.1 Å². The quantitative estimate of drug-likeness (QED) is 0.903. The van der Waals surface area contributed by atoms with E-state index in [9.17, 15) is 0 Å². The number of hydrogen-bond donors (Lipinski definition) is 1. The Morgan fingerprint density at radius 1 is 1.15 bits per heavy atom. The van der Waals surface area contributed by atoms with Crippen molar-refractivity contribution in [2.24, 2.45) is 5.92 Å². The standard InChI is InChI=1S/C16H20N4/c1-11-12(2)19-16(14-6-8-17-9-7-14)20-15(11)18-10-5-13-3-4-13/h6-9,13H,3-5,10H2,1-2H3,(H,18,19,20). The van der Waals surface area contributed by atoms with E-state index in [1.54, 1.807) is 12.4 Å². The largest absolute Gasteiger partial charge is 0.370 e. The van der Waals surface area contributed by atoms with Crippen molar-refractivity contribution in [3.63, 3.8) is 0 Å². The van der Waals surface area contributed by atoms with Gasteiger partial charge < -0.3 is 5.32 Å². The van der Waals surface area contributed by atoms with Crippen molar-refractivity contribution in [3.8, 4) is 11.4 Å². The zero-order valence-electron chi connectivity index (χ0n) is 12.1. The van der Waals surface area contributed by atoms with Crippen LogP contribution in [0.1, 0.15) is 30.5 Å². The third kappa shape index (κ3) is 2.95. The van der Waals surface area contributed by atoms with Crippen LogP contribution in [0, 0.1) is 19.8 Å². The van der Waals surface area contributed by atoms with Gasteiger partial charge in [-0.1, -0.05) is 12.8 Å². The molecule has 0 atom stereocenters. The number of rotatable bonds is 5. The third-order valence-corrected chi connectivity index (χ3v) is 3.87. The van der Waals surface area contributed by atoms with Gasteiger partial charge in [0.15, 0.2) is 5.82 Å². The molecule has 2 heterocycles. The van der Waals surface area contributed by atoms with Crippen molar-refractivity contribution >= 4 is 5.82 Å². The molecular formula is C16H20N4.